The normalized spacial score (nSPS) is 22.7. The summed E-state index contributed by atoms with van der Waals surface area (Å²) >= 11 is 7.30. The van der Waals surface area contributed by atoms with Crippen LogP contribution in [0.25, 0.3) is 11.0 Å². The van der Waals surface area contributed by atoms with E-state index >= 15 is 0 Å². The number of halogens is 1. The van der Waals surface area contributed by atoms with Crippen molar-refractivity contribution in [2.75, 3.05) is 11.4 Å². The Kier molecular flexibility index (Phi) is 3.33. The highest BCUT2D eigenvalue weighted by Gasteiger charge is 2.43. The van der Waals surface area contributed by atoms with E-state index in [1.54, 1.807) is 19.1 Å². The van der Waals surface area contributed by atoms with E-state index in [0.29, 0.717) is 28.2 Å². The summed E-state index contributed by atoms with van der Waals surface area (Å²) in [5.41, 5.74) is 0.748. The zero-order valence-corrected chi connectivity index (χ0v) is 13.1. The first-order chi connectivity index (χ1) is 9.96. The average molecular weight is 325 g/mol. The Bertz CT molecular complexity index is 747. The highest BCUT2D eigenvalue weighted by atomic mass is 35.5. The van der Waals surface area contributed by atoms with Crippen molar-refractivity contribution in [2.45, 2.75) is 25.8 Å². The fraction of sp³-hybridized carbons (Fsp3) is 0.385. The number of hydrogen-bond donors (Lipinski definition) is 1. The molecule has 1 N–H and O–H groups in total. The largest absolute Gasteiger partial charge is 0.340 e. The molecular formula is C13H13ClN4O2S. The number of anilines is 1. The van der Waals surface area contributed by atoms with Gasteiger partial charge >= 0.3 is 0 Å². The van der Waals surface area contributed by atoms with Crippen LogP contribution in [0.2, 0.25) is 5.02 Å². The van der Waals surface area contributed by atoms with Gasteiger partial charge in [-0.05, 0) is 25.5 Å². The topological polar surface area (TPSA) is 75.2 Å². The predicted octanol–water partition coefficient (Wildman–Crippen LogP) is 1.98. The number of hydrogen-bond acceptors (Lipinski definition) is 5. The summed E-state index contributed by atoms with van der Waals surface area (Å²) < 4.78 is 8.36. The maximum atomic E-state index is 12.7. The SMILES string of the molecule is CCC1(C)NC(=O)CN(c2c(Cl)ccc3nsnc23)C1=O. The molecule has 0 saturated carbocycles. The molecule has 8 heteroatoms. The van der Waals surface area contributed by atoms with E-state index in [-0.39, 0.29) is 18.4 Å². The maximum absolute atomic E-state index is 12.7. The molecule has 0 bridgehead atoms. The number of nitrogens with zero attached hydrogens (tertiary/aromatic N) is 3. The molecule has 1 fully saturated rings. The second kappa shape index (κ2) is 4.92. The molecule has 0 radical (unpaired) electrons. The van der Waals surface area contributed by atoms with Crippen molar-refractivity contribution in [3.8, 4) is 0 Å². The molecular weight excluding hydrogens is 312 g/mol. The first-order valence-electron chi connectivity index (χ1n) is 6.50. The lowest BCUT2D eigenvalue weighted by Gasteiger charge is -2.39. The third kappa shape index (κ3) is 2.16. The van der Waals surface area contributed by atoms with E-state index in [0.717, 1.165) is 11.7 Å². The molecule has 1 unspecified atom stereocenters. The van der Waals surface area contributed by atoms with E-state index in [2.05, 4.69) is 14.1 Å². The van der Waals surface area contributed by atoms with Gasteiger partial charge in [-0.3, -0.25) is 14.5 Å². The van der Waals surface area contributed by atoms with Crippen molar-refractivity contribution >= 4 is 51.9 Å². The van der Waals surface area contributed by atoms with Gasteiger partial charge in [0.2, 0.25) is 5.91 Å². The summed E-state index contributed by atoms with van der Waals surface area (Å²) in [6.45, 7) is 3.51. The lowest BCUT2D eigenvalue weighted by Crippen LogP contribution is -2.65. The fourth-order valence-electron chi connectivity index (χ4n) is 2.40. The van der Waals surface area contributed by atoms with Crippen LogP contribution >= 0.6 is 23.3 Å². The smallest absolute Gasteiger partial charge is 0.253 e. The molecule has 1 aliphatic heterocycles. The summed E-state index contributed by atoms with van der Waals surface area (Å²) in [6.07, 6.45) is 0.497. The molecule has 1 aromatic heterocycles. The number of piperazine rings is 1. The van der Waals surface area contributed by atoms with Gasteiger partial charge in [0.1, 0.15) is 23.1 Å². The molecule has 2 heterocycles. The molecule has 1 atom stereocenters. The number of nitrogens with one attached hydrogen (secondary N) is 1. The number of carbonyl (C=O) groups is 2. The molecule has 0 aliphatic carbocycles. The van der Waals surface area contributed by atoms with Crippen LogP contribution in [0.3, 0.4) is 0 Å². The minimum atomic E-state index is -0.926. The Morgan fingerprint density at radius 3 is 2.90 bits per heavy atom. The highest BCUT2D eigenvalue weighted by molar-refractivity contribution is 7.00. The predicted molar refractivity (Wildman–Crippen MR) is 81.6 cm³/mol. The Balaban J connectivity index is 2.17. The van der Waals surface area contributed by atoms with Gasteiger partial charge in [0.15, 0.2) is 0 Å². The van der Waals surface area contributed by atoms with E-state index in [1.165, 1.54) is 4.90 Å². The molecule has 1 aliphatic rings. The highest BCUT2D eigenvalue weighted by Crippen LogP contribution is 2.35. The standard InChI is InChI=1S/C13H13ClN4O2S/c1-3-13(2)12(20)18(6-9(19)15-13)11-7(14)4-5-8-10(11)17-21-16-8/h4-5H,3,6H2,1-2H3,(H,15,19). The van der Waals surface area contributed by atoms with Gasteiger partial charge in [-0.1, -0.05) is 18.5 Å². The molecule has 2 aromatic rings. The third-order valence-electron chi connectivity index (χ3n) is 3.76. The zero-order valence-electron chi connectivity index (χ0n) is 11.5. The molecule has 110 valence electrons. The minimum Gasteiger partial charge on any atom is -0.340 e. The fourth-order valence-corrected chi connectivity index (χ4v) is 3.20. The number of carbonyl (C=O) groups excluding carboxylic acids is 2. The lowest BCUT2D eigenvalue weighted by molar-refractivity contribution is -0.135. The van der Waals surface area contributed by atoms with Crippen molar-refractivity contribution in [2.24, 2.45) is 0 Å². The van der Waals surface area contributed by atoms with Crippen LogP contribution in [0, 0.1) is 0 Å². The summed E-state index contributed by atoms with van der Waals surface area (Å²) in [4.78, 5) is 26.1. The summed E-state index contributed by atoms with van der Waals surface area (Å²) in [5, 5.41) is 3.13. The maximum Gasteiger partial charge on any atom is 0.253 e. The van der Waals surface area contributed by atoms with Gasteiger partial charge in [0, 0.05) is 0 Å². The van der Waals surface area contributed by atoms with Crippen LogP contribution in [-0.2, 0) is 9.59 Å². The Morgan fingerprint density at radius 2 is 2.19 bits per heavy atom. The van der Waals surface area contributed by atoms with Crippen molar-refractivity contribution in [3.05, 3.63) is 17.2 Å². The Hall–Kier alpha value is -1.73. The van der Waals surface area contributed by atoms with Crippen molar-refractivity contribution in [3.63, 3.8) is 0 Å². The molecule has 21 heavy (non-hydrogen) atoms. The van der Waals surface area contributed by atoms with Crippen LogP contribution < -0.4 is 10.2 Å². The molecule has 2 amide bonds. The van der Waals surface area contributed by atoms with Gasteiger partial charge in [-0.25, -0.2) is 0 Å². The number of aromatic nitrogens is 2. The number of rotatable bonds is 2. The average Bonchev–Trinajstić information content (AvgIpc) is 2.91. The van der Waals surface area contributed by atoms with Crippen LogP contribution in [0.1, 0.15) is 20.3 Å². The second-order valence-corrected chi connectivity index (χ2v) is 6.09. The molecule has 1 saturated heterocycles. The van der Waals surface area contributed by atoms with Crippen LogP contribution in [0.15, 0.2) is 12.1 Å². The summed E-state index contributed by atoms with van der Waals surface area (Å²) in [5.74, 6) is -0.401. The van der Waals surface area contributed by atoms with Crippen LogP contribution in [0.4, 0.5) is 5.69 Å². The van der Waals surface area contributed by atoms with Crippen LogP contribution in [0.5, 0.6) is 0 Å². The lowest BCUT2D eigenvalue weighted by atomic mass is 9.94. The van der Waals surface area contributed by atoms with E-state index in [4.69, 9.17) is 11.6 Å². The second-order valence-electron chi connectivity index (χ2n) is 5.15. The van der Waals surface area contributed by atoms with Crippen molar-refractivity contribution in [1.82, 2.24) is 14.1 Å². The molecule has 6 nitrogen and oxygen atoms in total. The van der Waals surface area contributed by atoms with E-state index < -0.39 is 5.54 Å². The summed E-state index contributed by atoms with van der Waals surface area (Å²) in [6, 6.07) is 3.42. The Morgan fingerprint density at radius 1 is 1.43 bits per heavy atom. The monoisotopic (exact) mass is 324 g/mol. The molecule has 1 aromatic carbocycles. The first-order valence-corrected chi connectivity index (χ1v) is 7.61. The van der Waals surface area contributed by atoms with Crippen molar-refractivity contribution < 1.29 is 9.59 Å². The number of amides is 2. The van der Waals surface area contributed by atoms with E-state index in [1.807, 2.05) is 6.92 Å². The van der Waals surface area contributed by atoms with Crippen LogP contribution in [-0.4, -0.2) is 32.6 Å². The minimum absolute atomic E-state index is 0.0647. The first kappa shape index (κ1) is 14.2. The van der Waals surface area contributed by atoms with Gasteiger partial charge in [-0.15, -0.1) is 0 Å². The van der Waals surface area contributed by atoms with Gasteiger partial charge in [-0.2, -0.15) is 8.75 Å². The molecule has 3 rings (SSSR count). The number of fused-ring (bicyclic) bond motifs is 1. The molecule has 0 spiro atoms. The van der Waals surface area contributed by atoms with Gasteiger partial charge in [0.05, 0.1) is 22.4 Å². The third-order valence-corrected chi connectivity index (χ3v) is 4.61. The Labute approximate surface area is 130 Å². The van der Waals surface area contributed by atoms with Crippen molar-refractivity contribution in [1.29, 1.82) is 0 Å². The van der Waals surface area contributed by atoms with Gasteiger partial charge < -0.3 is 5.32 Å². The quantitative estimate of drug-likeness (QED) is 0.916. The summed E-state index contributed by atoms with van der Waals surface area (Å²) in [7, 11) is 0. The van der Waals surface area contributed by atoms with E-state index in [9.17, 15) is 9.59 Å². The number of benzene rings is 1. The van der Waals surface area contributed by atoms with Gasteiger partial charge in [0.25, 0.3) is 5.91 Å². The zero-order chi connectivity index (χ0) is 15.2.